The summed E-state index contributed by atoms with van der Waals surface area (Å²) in [6.45, 7) is 3.02. The van der Waals surface area contributed by atoms with Gasteiger partial charge < -0.3 is 14.8 Å². The van der Waals surface area contributed by atoms with E-state index in [1.165, 1.54) is 32.8 Å². The van der Waals surface area contributed by atoms with Crippen molar-refractivity contribution in [3.05, 3.63) is 36.5 Å². The Morgan fingerprint density at radius 1 is 1.08 bits per heavy atom. The third-order valence-electron chi connectivity index (χ3n) is 3.77. The van der Waals surface area contributed by atoms with Crippen molar-refractivity contribution >= 4 is 21.5 Å². The van der Waals surface area contributed by atoms with Gasteiger partial charge in [-0.1, -0.05) is 19.8 Å². The molecule has 2 aromatic rings. The first-order valence-electron chi connectivity index (χ1n) is 8.45. The molecule has 0 aliphatic rings. The average Bonchev–Trinajstić information content (AvgIpc) is 2.65. The second kappa shape index (κ2) is 9.28. The highest BCUT2D eigenvalue weighted by molar-refractivity contribution is 7.92. The number of hydrogen-bond acceptors (Lipinski definition) is 6. The van der Waals surface area contributed by atoms with Crippen molar-refractivity contribution in [2.45, 2.75) is 31.1 Å². The van der Waals surface area contributed by atoms with E-state index in [1.54, 1.807) is 24.4 Å². The molecule has 0 unspecified atom stereocenters. The van der Waals surface area contributed by atoms with E-state index in [0.29, 0.717) is 5.75 Å². The van der Waals surface area contributed by atoms with E-state index in [4.69, 9.17) is 9.47 Å². The standard InChI is InChI=1S/C18H25N3O4S/c1-4-5-6-11-19-14-7-10-18(20-13-14)21-26(22,23)17-9-8-15(24-2)12-16(17)25-3/h7-10,12-13,19H,4-6,11H2,1-3H3,(H,20,21). The summed E-state index contributed by atoms with van der Waals surface area (Å²) in [5, 5.41) is 3.26. The lowest BCUT2D eigenvalue weighted by Crippen LogP contribution is -2.15. The quantitative estimate of drug-likeness (QED) is 0.614. The molecule has 0 fully saturated rings. The van der Waals surface area contributed by atoms with Gasteiger partial charge in [-0.15, -0.1) is 0 Å². The Hall–Kier alpha value is -2.48. The molecule has 0 amide bonds. The molecule has 0 atom stereocenters. The molecule has 2 rings (SSSR count). The minimum absolute atomic E-state index is 0.0179. The molecule has 0 radical (unpaired) electrons. The summed E-state index contributed by atoms with van der Waals surface area (Å²) < 4.78 is 38.0. The molecule has 26 heavy (non-hydrogen) atoms. The van der Waals surface area contributed by atoms with Gasteiger partial charge in [0.2, 0.25) is 0 Å². The Morgan fingerprint density at radius 3 is 2.50 bits per heavy atom. The van der Waals surface area contributed by atoms with Crippen molar-refractivity contribution in [3.63, 3.8) is 0 Å². The van der Waals surface area contributed by atoms with Crippen molar-refractivity contribution in [3.8, 4) is 11.5 Å². The summed E-state index contributed by atoms with van der Waals surface area (Å²) in [7, 11) is -0.921. The number of hydrogen-bond donors (Lipinski definition) is 2. The zero-order valence-corrected chi connectivity index (χ0v) is 16.1. The van der Waals surface area contributed by atoms with Crippen LogP contribution in [-0.4, -0.2) is 34.2 Å². The first kappa shape index (κ1) is 19.8. The number of nitrogens with zero attached hydrogens (tertiary/aromatic N) is 1. The monoisotopic (exact) mass is 379 g/mol. The SMILES string of the molecule is CCCCCNc1ccc(NS(=O)(=O)c2ccc(OC)cc2OC)nc1. The highest BCUT2D eigenvalue weighted by Crippen LogP contribution is 2.29. The van der Waals surface area contributed by atoms with Crippen molar-refractivity contribution in [2.24, 2.45) is 0 Å². The predicted molar refractivity (Wildman–Crippen MR) is 103 cm³/mol. The lowest BCUT2D eigenvalue weighted by Gasteiger charge is -2.12. The Kier molecular flexibility index (Phi) is 7.08. The van der Waals surface area contributed by atoms with Crippen molar-refractivity contribution in [2.75, 3.05) is 30.8 Å². The molecule has 0 bridgehead atoms. The molecule has 7 nitrogen and oxygen atoms in total. The fourth-order valence-electron chi connectivity index (χ4n) is 2.36. The van der Waals surface area contributed by atoms with Gasteiger partial charge in [0.05, 0.1) is 26.1 Å². The number of rotatable bonds is 10. The molecule has 8 heteroatoms. The van der Waals surface area contributed by atoms with Crippen molar-refractivity contribution in [1.82, 2.24) is 4.98 Å². The molecule has 142 valence electrons. The third-order valence-corrected chi connectivity index (χ3v) is 5.17. The fourth-order valence-corrected chi connectivity index (χ4v) is 3.52. The summed E-state index contributed by atoms with van der Waals surface area (Å²) in [4.78, 5) is 4.18. The van der Waals surface area contributed by atoms with E-state index >= 15 is 0 Å². The smallest absolute Gasteiger partial charge is 0.266 e. The van der Waals surface area contributed by atoms with Crippen LogP contribution < -0.4 is 19.5 Å². The normalized spacial score (nSPS) is 11.0. The minimum Gasteiger partial charge on any atom is -0.497 e. The predicted octanol–water partition coefficient (Wildman–Crippen LogP) is 3.50. The Labute approximate surface area is 154 Å². The van der Waals surface area contributed by atoms with E-state index in [0.717, 1.165) is 25.1 Å². The van der Waals surface area contributed by atoms with Gasteiger partial charge >= 0.3 is 0 Å². The van der Waals surface area contributed by atoms with E-state index in [-0.39, 0.29) is 16.5 Å². The second-order valence-corrected chi connectivity index (χ2v) is 7.34. The highest BCUT2D eigenvalue weighted by atomic mass is 32.2. The van der Waals surface area contributed by atoms with Crippen LogP contribution in [0.2, 0.25) is 0 Å². The number of aromatic nitrogens is 1. The molecule has 0 spiro atoms. The molecule has 1 aromatic carbocycles. The maximum absolute atomic E-state index is 12.6. The Balaban J connectivity index is 2.09. The van der Waals surface area contributed by atoms with Crippen molar-refractivity contribution in [1.29, 1.82) is 0 Å². The molecule has 0 saturated carbocycles. The van der Waals surface area contributed by atoms with Crippen LogP contribution in [0.5, 0.6) is 11.5 Å². The summed E-state index contributed by atoms with van der Waals surface area (Å²) in [6.07, 6.45) is 5.02. The second-order valence-electron chi connectivity index (χ2n) is 5.69. The van der Waals surface area contributed by atoms with Crippen LogP contribution in [-0.2, 0) is 10.0 Å². The first-order valence-corrected chi connectivity index (χ1v) is 9.93. The topological polar surface area (TPSA) is 89.5 Å². The van der Waals surface area contributed by atoms with E-state index in [1.807, 2.05) is 0 Å². The number of sulfonamides is 1. The molecular formula is C18H25N3O4S. The van der Waals surface area contributed by atoms with Crippen LogP contribution in [0, 0.1) is 0 Å². The first-order chi connectivity index (χ1) is 12.5. The Morgan fingerprint density at radius 2 is 1.88 bits per heavy atom. The van der Waals surface area contributed by atoms with E-state index in [9.17, 15) is 8.42 Å². The largest absolute Gasteiger partial charge is 0.497 e. The van der Waals surface area contributed by atoms with Crippen LogP contribution in [0.3, 0.4) is 0 Å². The number of methoxy groups -OCH3 is 2. The zero-order chi connectivity index (χ0) is 19.0. The van der Waals surface area contributed by atoms with Crippen LogP contribution >= 0.6 is 0 Å². The number of unbranched alkanes of at least 4 members (excludes halogenated alkanes) is 2. The van der Waals surface area contributed by atoms with Gasteiger partial charge in [0.15, 0.2) is 0 Å². The van der Waals surface area contributed by atoms with Gasteiger partial charge in [0.1, 0.15) is 22.2 Å². The summed E-state index contributed by atoms with van der Waals surface area (Å²) in [5.74, 6) is 0.950. The molecule has 1 heterocycles. The number of anilines is 2. The lowest BCUT2D eigenvalue weighted by atomic mass is 10.2. The van der Waals surface area contributed by atoms with Gasteiger partial charge in [-0.3, -0.25) is 4.72 Å². The Bertz CT molecular complexity index is 808. The maximum atomic E-state index is 12.6. The van der Waals surface area contributed by atoms with Gasteiger partial charge in [-0.2, -0.15) is 0 Å². The van der Waals surface area contributed by atoms with Crippen LogP contribution in [0.25, 0.3) is 0 Å². The molecular weight excluding hydrogens is 354 g/mol. The number of benzene rings is 1. The third kappa shape index (κ3) is 5.26. The van der Waals surface area contributed by atoms with Gasteiger partial charge in [-0.05, 0) is 30.7 Å². The summed E-state index contributed by atoms with van der Waals surface area (Å²) in [6, 6.07) is 7.93. The average molecular weight is 379 g/mol. The summed E-state index contributed by atoms with van der Waals surface area (Å²) in [5.41, 5.74) is 0.853. The maximum Gasteiger partial charge on any atom is 0.266 e. The van der Waals surface area contributed by atoms with Crippen LogP contribution in [0.15, 0.2) is 41.4 Å². The van der Waals surface area contributed by atoms with Crippen molar-refractivity contribution < 1.29 is 17.9 Å². The van der Waals surface area contributed by atoms with Gasteiger partial charge in [-0.25, -0.2) is 13.4 Å². The van der Waals surface area contributed by atoms with Crippen LogP contribution in [0.1, 0.15) is 26.2 Å². The molecule has 1 aromatic heterocycles. The molecule has 0 saturated heterocycles. The highest BCUT2D eigenvalue weighted by Gasteiger charge is 2.20. The van der Waals surface area contributed by atoms with Gasteiger partial charge in [0.25, 0.3) is 10.0 Å². The summed E-state index contributed by atoms with van der Waals surface area (Å²) >= 11 is 0. The number of nitrogens with one attached hydrogen (secondary N) is 2. The molecule has 2 N–H and O–H groups in total. The molecule has 0 aliphatic carbocycles. The zero-order valence-electron chi connectivity index (χ0n) is 15.3. The lowest BCUT2D eigenvalue weighted by molar-refractivity contribution is 0.386. The number of pyridine rings is 1. The molecule has 0 aliphatic heterocycles. The fraction of sp³-hybridized carbons (Fsp3) is 0.389. The van der Waals surface area contributed by atoms with Gasteiger partial charge in [0, 0.05) is 12.6 Å². The number of ether oxygens (including phenoxy) is 2. The van der Waals surface area contributed by atoms with E-state index < -0.39 is 10.0 Å². The van der Waals surface area contributed by atoms with Crippen LogP contribution in [0.4, 0.5) is 11.5 Å². The van der Waals surface area contributed by atoms with E-state index in [2.05, 4.69) is 21.9 Å². The minimum atomic E-state index is -3.83.